The Morgan fingerprint density at radius 3 is 2.54 bits per heavy atom. The molecule has 1 aliphatic rings. The number of nitrogens with one attached hydrogen (secondary N) is 1. The first-order valence-electron chi connectivity index (χ1n) is 7.89. The zero-order chi connectivity index (χ0) is 17.7. The molecule has 7 nitrogen and oxygen atoms in total. The molecule has 0 bridgehead atoms. The third-order valence-electron chi connectivity index (χ3n) is 3.82. The Labute approximate surface area is 142 Å². The highest BCUT2D eigenvalue weighted by Crippen LogP contribution is 2.25. The van der Waals surface area contributed by atoms with Gasteiger partial charge < -0.3 is 10.1 Å². The number of hydrogen-bond donors (Lipinski definition) is 1. The van der Waals surface area contributed by atoms with E-state index >= 15 is 0 Å². The molecule has 24 heavy (non-hydrogen) atoms. The van der Waals surface area contributed by atoms with E-state index in [1.807, 2.05) is 0 Å². The number of anilines is 1. The highest BCUT2D eigenvalue weighted by molar-refractivity contribution is 7.89. The van der Waals surface area contributed by atoms with Crippen molar-refractivity contribution >= 4 is 27.6 Å². The minimum Gasteiger partial charge on any atom is -0.466 e. The van der Waals surface area contributed by atoms with Gasteiger partial charge in [0.1, 0.15) is 0 Å². The molecule has 1 atom stereocenters. The Balaban J connectivity index is 2.14. The Morgan fingerprint density at radius 1 is 1.29 bits per heavy atom. The molecule has 0 unspecified atom stereocenters. The smallest absolute Gasteiger partial charge is 0.310 e. The van der Waals surface area contributed by atoms with Crippen molar-refractivity contribution in [1.82, 2.24) is 4.31 Å². The summed E-state index contributed by atoms with van der Waals surface area (Å²) in [6.07, 6.45) is 1.25. The van der Waals surface area contributed by atoms with Crippen LogP contribution in [0.1, 0.15) is 26.7 Å². The Bertz CT molecular complexity index is 700. The second kappa shape index (κ2) is 7.76. The maximum atomic E-state index is 12.7. The van der Waals surface area contributed by atoms with Gasteiger partial charge in [-0.1, -0.05) is 0 Å². The second-order valence-electron chi connectivity index (χ2n) is 5.66. The number of esters is 1. The highest BCUT2D eigenvalue weighted by atomic mass is 32.2. The van der Waals surface area contributed by atoms with Crippen molar-refractivity contribution in [3.8, 4) is 0 Å². The van der Waals surface area contributed by atoms with E-state index in [4.69, 9.17) is 4.74 Å². The molecular formula is C16H22N2O5S. The fraction of sp³-hybridized carbons (Fsp3) is 0.500. The minimum absolute atomic E-state index is 0.134. The molecule has 132 valence electrons. The number of rotatable bonds is 5. The number of nitrogens with zero attached hydrogens (tertiary/aromatic N) is 1. The van der Waals surface area contributed by atoms with Crippen molar-refractivity contribution in [3.63, 3.8) is 0 Å². The molecule has 1 N–H and O–H groups in total. The van der Waals surface area contributed by atoms with Crippen molar-refractivity contribution < 1.29 is 22.7 Å². The zero-order valence-corrected chi connectivity index (χ0v) is 14.6. The normalized spacial score (nSPS) is 18.8. The zero-order valence-electron chi connectivity index (χ0n) is 13.8. The molecule has 0 aliphatic carbocycles. The lowest BCUT2D eigenvalue weighted by Gasteiger charge is -2.30. The molecule has 1 aromatic carbocycles. The van der Waals surface area contributed by atoms with Crippen LogP contribution in [0.15, 0.2) is 29.2 Å². The summed E-state index contributed by atoms with van der Waals surface area (Å²) < 4.78 is 31.8. The first kappa shape index (κ1) is 18.4. The first-order valence-corrected chi connectivity index (χ1v) is 9.33. The van der Waals surface area contributed by atoms with Crippen LogP contribution in [0.25, 0.3) is 0 Å². The van der Waals surface area contributed by atoms with Gasteiger partial charge in [-0.15, -0.1) is 0 Å². The van der Waals surface area contributed by atoms with E-state index in [-0.39, 0.29) is 29.9 Å². The number of hydrogen-bond acceptors (Lipinski definition) is 5. The van der Waals surface area contributed by atoms with Crippen LogP contribution < -0.4 is 5.32 Å². The highest BCUT2D eigenvalue weighted by Gasteiger charge is 2.33. The van der Waals surface area contributed by atoms with Crippen LogP contribution >= 0.6 is 0 Å². The van der Waals surface area contributed by atoms with Gasteiger partial charge in [-0.05, 0) is 44.0 Å². The second-order valence-corrected chi connectivity index (χ2v) is 7.60. The van der Waals surface area contributed by atoms with Crippen molar-refractivity contribution in [1.29, 1.82) is 0 Å². The summed E-state index contributed by atoms with van der Waals surface area (Å²) in [7, 11) is -3.68. The third-order valence-corrected chi connectivity index (χ3v) is 5.70. The lowest BCUT2D eigenvalue weighted by molar-refractivity contribution is -0.149. The largest absolute Gasteiger partial charge is 0.466 e. The van der Waals surface area contributed by atoms with Crippen LogP contribution in [0, 0.1) is 5.92 Å². The molecular weight excluding hydrogens is 332 g/mol. The van der Waals surface area contributed by atoms with Crippen molar-refractivity contribution in [2.75, 3.05) is 25.0 Å². The van der Waals surface area contributed by atoms with Gasteiger partial charge in [0.15, 0.2) is 0 Å². The molecule has 2 rings (SSSR count). The predicted molar refractivity (Wildman–Crippen MR) is 88.9 cm³/mol. The number of amides is 1. The van der Waals surface area contributed by atoms with Gasteiger partial charge in [-0.25, -0.2) is 8.42 Å². The quantitative estimate of drug-likeness (QED) is 0.811. The van der Waals surface area contributed by atoms with Gasteiger partial charge in [0.25, 0.3) is 0 Å². The van der Waals surface area contributed by atoms with Crippen molar-refractivity contribution in [2.45, 2.75) is 31.6 Å². The molecule has 1 aliphatic heterocycles. The molecule has 8 heteroatoms. The Kier molecular flexibility index (Phi) is 5.95. The van der Waals surface area contributed by atoms with Crippen LogP contribution in [-0.4, -0.2) is 44.3 Å². The summed E-state index contributed by atoms with van der Waals surface area (Å²) in [5.41, 5.74) is 0.532. The standard InChI is InChI=1S/C16H22N2O5S/c1-3-23-16(20)13-5-4-10-18(11-13)24(21,22)15-8-6-14(7-9-15)17-12(2)19/h6-9,13H,3-5,10-11H2,1-2H3,(H,17,19)/t13-/m1/s1. The van der Waals surface area contributed by atoms with Gasteiger partial charge in [0, 0.05) is 25.7 Å². The molecule has 1 fully saturated rings. The predicted octanol–water partition coefficient (Wildman–Crippen LogP) is 1.61. The lowest BCUT2D eigenvalue weighted by atomic mass is 10.0. The van der Waals surface area contributed by atoms with Crippen molar-refractivity contribution in [2.24, 2.45) is 5.92 Å². The summed E-state index contributed by atoms with van der Waals surface area (Å²) in [6, 6.07) is 5.99. The maximum absolute atomic E-state index is 12.7. The van der Waals surface area contributed by atoms with Gasteiger partial charge in [-0.2, -0.15) is 4.31 Å². The number of carbonyl (C=O) groups is 2. The van der Waals surface area contributed by atoms with E-state index in [1.165, 1.54) is 23.4 Å². The molecule has 0 saturated carbocycles. The Morgan fingerprint density at radius 2 is 1.96 bits per heavy atom. The fourth-order valence-corrected chi connectivity index (χ4v) is 4.20. The molecule has 0 spiro atoms. The van der Waals surface area contributed by atoms with E-state index in [9.17, 15) is 18.0 Å². The average Bonchev–Trinajstić information content (AvgIpc) is 2.55. The van der Waals surface area contributed by atoms with Gasteiger partial charge >= 0.3 is 5.97 Å². The number of ether oxygens (including phenoxy) is 1. The van der Waals surface area contributed by atoms with Gasteiger partial charge in [0.2, 0.25) is 15.9 Å². The summed E-state index contributed by atoms with van der Waals surface area (Å²) in [5, 5.41) is 2.59. The first-order chi connectivity index (χ1) is 11.3. The van der Waals surface area contributed by atoms with E-state index in [0.29, 0.717) is 25.1 Å². The molecule has 1 saturated heterocycles. The number of benzene rings is 1. The van der Waals surface area contributed by atoms with E-state index in [1.54, 1.807) is 19.1 Å². The van der Waals surface area contributed by atoms with Crippen LogP contribution in [0.2, 0.25) is 0 Å². The van der Waals surface area contributed by atoms with Crippen LogP contribution in [0.3, 0.4) is 0 Å². The summed E-state index contributed by atoms with van der Waals surface area (Å²) in [4.78, 5) is 23.0. The maximum Gasteiger partial charge on any atom is 0.310 e. The topological polar surface area (TPSA) is 92.8 Å². The van der Waals surface area contributed by atoms with Gasteiger partial charge in [-0.3, -0.25) is 9.59 Å². The monoisotopic (exact) mass is 354 g/mol. The molecule has 0 radical (unpaired) electrons. The number of carbonyl (C=O) groups excluding carboxylic acids is 2. The molecule has 1 aromatic rings. The number of sulfonamides is 1. The average molecular weight is 354 g/mol. The van der Waals surface area contributed by atoms with E-state index in [2.05, 4.69) is 5.32 Å². The lowest BCUT2D eigenvalue weighted by Crippen LogP contribution is -2.42. The molecule has 1 heterocycles. The molecule has 0 aromatic heterocycles. The Hall–Kier alpha value is -1.93. The van der Waals surface area contributed by atoms with Crippen molar-refractivity contribution in [3.05, 3.63) is 24.3 Å². The summed E-state index contributed by atoms with van der Waals surface area (Å²) in [5.74, 6) is -0.996. The SMILES string of the molecule is CCOC(=O)[C@@H]1CCCN(S(=O)(=O)c2ccc(NC(C)=O)cc2)C1. The van der Waals surface area contributed by atoms with Crippen LogP contribution in [-0.2, 0) is 24.3 Å². The van der Waals surface area contributed by atoms with Gasteiger partial charge in [0.05, 0.1) is 17.4 Å². The summed E-state index contributed by atoms with van der Waals surface area (Å²) in [6.45, 7) is 3.91. The number of piperidine rings is 1. The van der Waals surface area contributed by atoms with Crippen LogP contribution in [0.4, 0.5) is 5.69 Å². The van der Waals surface area contributed by atoms with E-state index in [0.717, 1.165) is 0 Å². The molecule has 1 amide bonds. The fourth-order valence-electron chi connectivity index (χ4n) is 2.68. The summed E-state index contributed by atoms with van der Waals surface area (Å²) >= 11 is 0. The van der Waals surface area contributed by atoms with E-state index < -0.39 is 15.9 Å². The van der Waals surface area contributed by atoms with Crippen LogP contribution in [0.5, 0.6) is 0 Å². The minimum atomic E-state index is -3.68. The third kappa shape index (κ3) is 4.33.